The van der Waals surface area contributed by atoms with Crippen molar-refractivity contribution in [3.63, 3.8) is 0 Å². The van der Waals surface area contributed by atoms with E-state index in [-0.39, 0.29) is 6.10 Å². The second-order valence-electron chi connectivity index (χ2n) is 6.43. The minimum absolute atomic E-state index is 0.251. The lowest BCUT2D eigenvalue weighted by Gasteiger charge is -2.30. The van der Waals surface area contributed by atoms with Crippen molar-refractivity contribution in [3.8, 4) is 5.75 Å². The maximum absolute atomic E-state index is 6.47. The largest absolute Gasteiger partial charge is 0.491 e. The Morgan fingerprint density at radius 3 is 2.75 bits per heavy atom. The standard InChI is InChI=1S/C20H17BrCl2N2O3/c21-14-1-4-16(5-2-14)26-10-17-11-27-20(28-17,12-25-8-7-24-13-25)18-6-3-15(22)9-19(18)23/h1-9,13,17H,10-12H2/t17-,20-/m0/s1. The van der Waals surface area contributed by atoms with Crippen LogP contribution in [-0.2, 0) is 21.8 Å². The van der Waals surface area contributed by atoms with Crippen LogP contribution in [0, 0.1) is 0 Å². The summed E-state index contributed by atoms with van der Waals surface area (Å²) in [5.41, 5.74) is 0.721. The summed E-state index contributed by atoms with van der Waals surface area (Å²) >= 11 is 15.9. The lowest BCUT2D eigenvalue weighted by molar-refractivity contribution is -0.189. The van der Waals surface area contributed by atoms with Gasteiger partial charge in [-0.2, -0.15) is 0 Å². The van der Waals surface area contributed by atoms with E-state index in [2.05, 4.69) is 20.9 Å². The van der Waals surface area contributed by atoms with E-state index in [4.69, 9.17) is 37.4 Å². The zero-order valence-electron chi connectivity index (χ0n) is 14.7. The molecule has 1 aromatic heterocycles. The van der Waals surface area contributed by atoms with Gasteiger partial charge in [0.1, 0.15) is 18.5 Å². The highest BCUT2D eigenvalue weighted by atomic mass is 79.9. The maximum Gasteiger partial charge on any atom is 0.215 e. The van der Waals surface area contributed by atoms with Crippen molar-refractivity contribution in [1.29, 1.82) is 0 Å². The molecule has 28 heavy (non-hydrogen) atoms. The Morgan fingerprint density at radius 2 is 2.04 bits per heavy atom. The van der Waals surface area contributed by atoms with Crippen LogP contribution in [0.2, 0.25) is 10.0 Å². The molecule has 2 atom stereocenters. The van der Waals surface area contributed by atoms with Gasteiger partial charge >= 0.3 is 0 Å². The van der Waals surface area contributed by atoms with Gasteiger partial charge in [0.05, 0.1) is 24.5 Å². The summed E-state index contributed by atoms with van der Waals surface area (Å²) in [6, 6.07) is 12.9. The van der Waals surface area contributed by atoms with Gasteiger partial charge in [-0.3, -0.25) is 0 Å². The summed E-state index contributed by atoms with van der Waals surface area (Å²) in [4.78, 5) is 4.10. The Bertz CT molecular complexity index is 937. The molecule has 0 N–H and O–H groups in total. The van der Waals surface area contributed by atoms with Crippen molar-refractivity contribution in [1.82, 2.24) is 9.55 Å². The third-order valence-corrected chi connectivity index (χ3v) is 5.48. The molecule has 0 saturated carbocycles. The molecule has 0 bridgehead atoms. The lowest BCUT2D eigenvalue weighted by atomic mass is 10.1. The molecule has 1 aliphatic heterocycles. The van der Waals surface area contributed by atoms with Crippen LogP contribution in [0.4, 0.5) is 0 Å². The van der Waals surface area contributed by atoms with Crippen molar-refractivity contribution in [2.45, 2.75) is 18.4 Å². The van der Waals surface area contributed by atoms with Crippen molar-refractivity contribution >= 4 is 39.1 Å². The monoisotopic (exact) mass is 482 g/mol. The van der Waals surface area contributed by atoms with E-state index in [1.165, 1.54) is 0 Å². The second-order valence-corrected chi connectivity index (χ2v) is 8.19. The molecule has 0 radical (unpaired) electrons. The summed E-state index contributed by atoms with van der Waals surface area (Å²) in [5.74, 6) is -0.278. The van der Waals surface area contributed by atoms with Crippen LogP contribution in [-0.4, -0.2) is 28.9 Å². The van der Waals surface area contributed by atoms with Crippen LogP contribution in [0.25, 0.3) is 0 Å². The zero-order chi connectivity index (χ0) is 19.6. The summed E-state index contributed by atoms with van der Waals surface area (Å²) in [6.45, 7) is 1.14. The predicted molar refractivity (Wildman–Crippen MR) is 111 cm³/mol. The number of aromatic nitrogens is 2. The first-order valence-electron chi connectivity index (χ1n) is 8.65. The molecule has 8 heteroatoms. The van der Waals surface area contributed by atoms with Crippen molar-refractivity contribution in [2.75, 3.05) is 13.2 Å². The summed E-state index contributed by atoms with van der Waals surface area (Å²) in [5, 5.41) is 1.04. The Morgan fingerprint density at radius 1 is 1.21 bits per heavy atom. The van der Waals surface area contributed by atoms with Gasteiger partial charge in [0.2, 0.25) is 5.79 Å². The number of hydrogen-bond donors (Lipinski definition) is 0. The van der Waals surface area contributed by atoms with E-state index in [0.717, 1.165) is 15.8 Å². The molecule has 4 rings (SSSR count). The summed E-state index contributed by atoms with van der Waals surface area (Å²) in [7, 11) is 0. The Kier molecular flexibility index (Phi) is 5.94. The molecule has 2 aromatic carbocycles. The van der Waals surface area contributed by atoms with E-state index in [0.29, 0.717) is 29.8 Å². The first-order chi connectivity index (χ1) is 13.5. The average Bonchev–Trinajstić information content (AvgIpc) is 3.32. The SMILES string of the molecule is Clc1ccc([C@@]2(Cn3ccnc3)OC[C@H](COc3ccc(Br)cc3)O2)c(Cl)c1. The molecular formula is C20H17BrCl2N2O3. The third kappa shape index (κ3) is 4.36. The molecule has 0 unspecified atom stereocenters. The Balaban J connectivity index is 1.54. The molecule has 146 valence electrons. The average molecular weight is 484 g/mol. The first-order valence-corrected chi connectivity index (χ1v) is 10.2. The van der Waals surface area contributed by atoms with Crippen LogP contribution in [0.3, 0.4) is 0 Å². The van der Waals surface area contributed by atoms with Crippen molar-refractivity contribution in [2.24, 2.45) is 0 Å². The smallest absolute Gasteiger partial charge is 0.215 e. The van der Waals surface area contributed by atoms with E-state index in [1.54, 1.807) is 24.7 Å². The fraction of sp³-hybridized carbons (Fsp3) is 0.250. The van der Waals surface area contributed by atoms with E-state index in [1.807, 2.05) is 41.1 Å². The van der Waals surface area contributed by atoms with Gasteiger partial charge in [-0.05, 0) is 36.4 Å². The van der Waals surface area contributed by atoms with E-state index < -0.39 is 5.79 Å². The van der Waals surface area contributed by atoms with Gasteiger partial charge < -0.3 is 18.8 Å². The zero-order valence-corrected chi connectivity index (χ0v) is 17.8. The quantitative estimate of drug-likeness (QED) is 0.477. The Hall–Kier alpha value is -1.57. The number of imidazole rings is 1. The van der Waals surface area contributed by atoms with Crippen LogP contribution < -0.4 is 4.74 Å². The van der Waals surface area contributed by atoms with Crippen LogP contribution in [0.1, 0.15) is 5.56 Å². The van der Waals surface area contributed by atoms with Gasteiger partial charge in [-0.1, -0.05) is 45.2 Å². The van der Waals surface area contributed by atoms with E-state index >= 15 is 0 Å². The molecule has 3 aromatic rings. The van der Waals surface area contributed by atoms with Crippen LogP contribution >= 0.6 is 39.1 Å². The molecule has 0 spiro atoms. The number of hydrogen-bond acceptors (Lipinski definition) is 4. The molecule has 0 amide bonds. The molecule has 0 aliphatic carbocycles. The molecule has 1 saturated heterocycles. The van der Waals surface area contributed by atoms with Gasteiger partial charge in [0.15, 0.2) is 0 Å². The van der Waals surface area contributed by atoms with Crippen molar-refractivity contribution in [3.05, 3.63) is 81.3 Å². The second kappa shape index (κ2) is 8.43. The highest BCUT2D eigenvalue weighted by Crippen LogP contribution is 2.40. The normalized spacial score (nSPS) is 21.8. The maximum atomic E-state index is 6.47. The molecule has 5 nitrogen and oxygen atoms in total. The van der Waals surface area contributed by atoms with Gasteiger partial charge in [-0.15, -0.1) is 0 Å². The van der Waals surface area contributed by atoms with Crippen LogP contribution in [0.5, 0.6) is 5.75 Å². The Labute approximate surface area is 181 Å². The highest BCUT2D eigenvalue weighted by Gasteiger charge is 2.45. The van der Waals surface area contributed by atoms with Gasteiger partial charge in [0, 0.05) is 27.5 Å². The minimum Gasteiger partial charge on any atom is -0.491 e. The first kappa shape index (κ1) is 19.7. The number of benzene rings is 2. The van der Waals surface area contributed by atoms with Gasteiger partial charge in [-0.25, -0.2) is 4.98 Å². The van der Waals surface area contributed by atoms with Crippen molar-refractivity contribution < 1.29 is 14.2 Å². The van der Waals surface area contributed by atoms with E-state index in [9.17, 15) is 0 Å². The molecule has 2 heterocycles. The summed E-state index contributed by atoms with van der Waals surface area (Å²) in [6.07, 6.45) is 5.02. The number of rotatable bonds is 6. The summed E-state index contributed by atoms with van der Waals surface area (Å²) < 4.78 is 21.2. The third-order valence-electron chi connectivity index (χ3n) is 4.40. The van der Waals surface area contributed by atoms with Crippen LogP contribution in [0.15, 0.2) is 65.7 Å². The highest BCUT2D eigenvalue weighted by molar-refractivity contribution is 9.10. The van der Waals surface area contributed by atoms with Gasteiger partial charge in [0.25, 0.3) is 0 Å². The number of ether oxygens (including phenoxy) is 3. The minimum atomic E-state index is -1.05. The molecule has 1 fully saturated rings. The number of nitrogens with zero attached hydrogens (tertiary/aromatic N) is 2. The topological polar surface area (TPSA) is 45.5 Å². The fourth-order valence-corrected chi connectivity index (χ4v) is 3.91. The molecule has 1 aliphatic rings. The number of halogens is 3. The molecular weight excluding hydrogens is 467 g/mol. The lowest BCUT2D eigenvalue weighted by Crippen LogP contribution is -2.34. The predicted octanol–water partition coefficient (Wildman–Crippen LogP) is 5.30. The fourth-order valence-electron chi connectivity index (χ4n) is 3.10.